The molecule has 1 N–H and O–H groups in total. The Balaban J connectivity index is 2.08. The summed E-state index contributed by atoms with van der Waals surface area (Å²) in [6.07, 6.45) is 1.95. The average molecular weight is 230 g/mol. The molecule has 2 rings (SSSR count). The van der Waals surface area contributed by atoms with Crippen molar-refractivity contribution in [1.29, 1.82) is 0 Å². The Morgan fingerprint density at radius 1 is 1.38 bits per heavy atom. The number of hydrogen-bond acceptors (Lipinski definition) is 2. The maximum atomic E-state index is 12.5. The zero-order valence-electron chi connectivity index (χ0n) is 8.20. The second kappa shape index (κ2) is 3.99. The van der Waals surface area contributed by atoms with E-state index in [1.54, 1.807) is 23.3 Å². The number of halogens is 3. The number of imidazole rings is 1. The van der Waals surface area contributed by atoms with Crippen LogP contribution in [-0.4, -0.2) is 19.7 Å². The van der Waals surface area contributed by atoms with Gasteiger partial charge in [-0.1, -0.05) is 0 Å². The molecule has 86 valence electrons. The van der Waals surface area contributed by atoms with Gasteiger partial charge in [-0.3, -0.25) is 5.10 Å². The second-order valence-electron chi connectivity index (χ2n) is 3.32. The first-order valence-corrected chi connectivity index (χ1v) is 4.62. The van der Waals surface area contributed by atoms with E-state index >= 15 is 0 Å². The normalized spacial score (nSPS) is 11.9. The molecule has 0 aromatic carbocycles. The Hall–Kier alpha value is -1.79. The largest absolute Gasteiger partial charge is 0.433 e. The van der Waals surface area contributed by atoms with Crippen LogP contribution in [-0.2, 0) is 19.1 Å². The lowest BCUT2D eigenvalue weighted by Crippen LogP contribution is -2.10. The summed E-state index contributed by atoms with van der Waals surface area (Å²) in [7, 11) is 0. The number of rotatable bonds is 3. The van der Waals surface area contributed by atoms with Gasteiger partial charge < -0.3 is 4.57 Å². The Labute approximate surface area is 89.1 Å². The molecule has 7 heteroatoms. The highest BCUT2D eigenvalue weighted by Crippen LogP contribution is 2.30. The van der Waals surface area contributed by atoms with Crippen LogP contribution in [0.25, 0.3) is 0 Å². The molecule has 0 aliphatic carbocycles. The molecule has 2 aromatic heterocycles. The summed E-state index contributed by atoms with van der Waals surface area (Å²) in [5, 5.41) is 5.39. The fourth-order valence-corrected chi connectivity index (χ4v) is 1.41. The van der Waals surface area contributed by atoms with Gasteiger partial charge in [-0.15, -0.1) is 0 Å². The zero-order chi connectivity index (χ0) is 11.6. The Morgan fingerprint density at radius 3 is 2.81 bits per heavy atom. The SMILES string of the molecule is FC(F)(F)c1[nH]ncc1CCn1ccnc1. The number of aryl methyl sites for hydroxylation is 2. The average Bonchev–Trinajstić information content (AvgIpc) is 2.85. The van der Waals surface area contributed by atoms with Gasteiger partial charge in [0, 0.05) is 24.5 Å². The van der Waals surface area contributed by atoms with Gasteiger partial charge in [0.1, 0.15) is 5.69 Å². The van der Waals surface area contributed by atoms with Crippen molar-refractivity contribution in [3.8, 4) is 0 Å². The molecule has 0 aliphatic rings. The first-order chi connectivity index (χ1) is 7.57. The van der Waals surface area contributed by atoms with Gasteiger partial charge in [-0.2, -0.15) is 18.3 Å². The van der Waals surface area contributed by atoms with Crippen molar-refractivity contribution in [3.05, 3.63) is 36.2 Å². The van der Waals surface area contributed by atoms with Gasteiger partial charge in [0.2, 0.25) is 0 Å². The molecule has 0 radical (unpaired) electrons. The molecule has 0 bridgehead atoms. The standard InChI is InChI=1S/C9H9F3N4/c10-9(11,12)8-7(5-14-15-8)1-3-16-4-2-13-6-16/h2,4-6H,1,3H2,(H,14,15). The third kappa shape index (κ3) is 2.23. The van der Waals surface area contributed by atoms with Crippen LogP contribution in [0.3, 0.4) is 0 Å². The highest BCUT2D eigenvalue weighted by molar-refractivity contribution is 5.19. The summed E-state index contributed by atoms with van der Waals surface area (Å²) in [6.45, 7) is 0.447. The highest BCUT2D eigenvalue weighted by atomic mass is 19.4. The quantitative estimate of drug-likeness (QED) is 0.874. The highest BCUT2D eigenvalue weighted by Gasteiger charge is 2.35. The number of aromatic amines is 1. The lowest BCUT2D eigenvalue weighted by Gasteiger charge is -2.06. The molecule has 2 heterocycles. The van der Waals surface area contributed by atoms with Gasteiger partial charge >= 0.3 is 6.18 Å². The monoisotopic (exact) mass is 230 g/mol. The van der Waals surface area contributed by atoms with Crippen LogP contribution in [0.4, 0.5) is 13.2 Å². The van der Waals surface area contributed by atoms with Crippen molar-refractivity contribution >= 4 is 0 Å². The van der Waals surface area contributed by atoms with Gasteiger partial charge in [0.05, 0.1) is 12.5 Å². The maximum Gasteiger partial charge on any atom is 0.433 e. The first-order valence-electron chi connectivity index (χ1n) is 4.62. The van der Waals surface area contributed by atoms with E-state index in [9.17, 15) is 13.2 Å². The van der Waals surface area contributed by atoms with Gasteiger partial charge in [0.25, 0.3) is 0 Å². The van der Waals surface area contributed by atoms with Crippen molar-refractivity contribution in [3.63, 3.8) is 0 Å². The van der Waals surface area contributed by atoms with Crippen LogP contribution >= 0.6 is 0 Å². The Kier molecular flexibility index (Phi) is 2.67. The smallest absolute Gasteiger partial charge is 0.337 e. The van der Waals surface area contributed by atoms with Crippen molar-refractivity contribution in [2.45, 2.75) is 19.1 Å². The van der Waals surface area contributed by atoms with Gasteiger partial charge in [0.15, 0.2) is 0 Å². The lowest BCUT2D eigenvalue weighted by atomic mass is 10.2. The van der Waals surface area contributed by atoms with E-state index in [4.69, 9.17) is 0 Å². The molecule has 0 unspecified atom stereocenters. The van der Waals surface area contributed by atoms with Crippen LogP contribution in [0, 0.1) is 0 Å². The minimum absolute atomic E-state index is 0.168. The van der Waals surface area contributed by atoms with Crippen molar-refractivity contribution in [1.82, 2.24) is 19.7 Å². The maximum absolute atomic E-state index is 12.5. The van der Waals surface area contributed by atoms with E-state index in [2.05, 4.69) is 10.1 Å². The summed E-state index contributed by atoms with van der Waals surface area (Å²) in [5.41, 5.74) is -0.603. The topological polar surface area (TPSA) is 46.5 Å². The number of nitrogens with one attached hydrogen (secondary N) is 1. The van der Waals surface area contributed by atoms with Gasteiger partial charge in [-0.05, 0) is 6.42 Å². The Morgan fingerprint density at radius 2 is 2.19 bits per heavy atom. The predicted octanol–water partition coefficient (Wildman–Crippen LogP) is 1.87. The number of hydrogen-bond donors (Lipinski definition) is 1. The number of alkyl halides is 3. The number of H-pyrrole nitrogens is 1. The molecule has 16 heavy (non-hydrogen) atoms. The molecule has 0 fully saturated rings. The molecular weight excluding hydrogens is 221 g/mol. The van der Waals surface area contributed by atoms with Crippen LogP contribution in [0.2, 0.25) is 0 Å². The van der Waals surface area contributed by atoms with Gasteiger partial charge in [-0.25, -0.2) is 4.98 Å². The second-order valence-corrected chi connectivity index (χ2v) is 3.32. The van der Waals surface area contributed by atoms with E-state index in [-0.39, 0.29) is 12.0 Å². The van der Waals surface area contributed by atoms with E-state index in [1.807, 2.05) is 5.10 Å². The number of aromatic nitrogens is 4. The summed E-state index contributed by atoms with van der Waals surface area (Å²) in [4.78, 5) is 3.81. The summed E-state index contributed by atoms with van der Waals surface area (Å²) >= 11 is 0. The van der Waals surface area contributed by atoms with E-state index in [1.165, 1.54) is 6.20 Å². The van der Waals surface area contributed by atoms with Crippen LogP contribution in [0.15, 0.2) is 24.9 Å². The zero-order valence-corrected chi connectivity index (χ0v) is 8.20. The van der Waals surface area contributed by atoms with E-state index in [0.29, 0.717) is 6.54 Å². The van der Waals surface area contributed by atoms with E-state index < -0.39 is 11.9 Å². The number of nitrogens with zero attached hydrogens (tertiary/aromatic N) is 3. The summed E-state index contributed by atoms with van der Waals surface area (Å²) < 4.78 is 39.1. The first kappa shape index (κ1) is 10.7. The molecule has 2 aromatic rings. The third-order valence-electron chi connectivity index (χ3n) is 2.20. The summed E-state index contributed by atoms with van der Waals surface area (Å²) in [6, 6.07) is 0. The van der Waals surface area contributed by atoms with Crippen LogP contribution < -0.4 is 0 Å². The Bertz CT molecular complexity index is 444. The minimum atomic E-state index is -4.37. The summed E-state index contributed by atoms with van der Waals surface area (Å²) in [5.74, 6) is 0. The molecule has 0 amide bonds. The molecule has 0 saturated carbocycles. The van der Waals surface area contributed by atoms with E-state index in [0.717, 1.165) is 0 Å². The van der Waals surface area contributed by atoms with Crippen LogP contribution in [0.1, 0.15) is 11.3 Å². The molecule has 4 nitrogen and oxygen atoms in total. The minimum Gasteiger partial charge on any atom is -0.337 e. The molecule has 0 saturated heterocycles. The predicted molar refractivity (Wildman–Crippen MR) is 49.5 cm³/mol. The van der Waals surface area contributed by atoms with Crippen LogP contribution in [0.5, 0.6) is 0 Å². The third-order valence-corrected chi connectivity index (χ3v) is 2.20. The van der Waals surface area contributed by atoms with Crippen molar-refractivity contribution in [2.24, 2.45) is 0 Å². The van der Waals surface area contributed by atoms with Crippen molar-refractivity contribution in [2.75, 3.05) is 0 Å². The fourth-order valence-electron chi connectivity index (χ4n) is 1.41. The molecule has 0 atom stereocenters. The lowest BCUT2D eigenvalue weighted by molar-refractivity contribution is -0.141. The molecular formula is C9H9F3N4. The van der Waals surface area contributed by atoms with Crippen molar-refractivity contribution < 1.29 is 13.2 Å². The molecule has 0 aliphatic heterocycles. The molecule has 0 spiro atoms. The fraction of sp³-hybridized carbons (Fsp3) is 0.333.